The van der Waals surface area contributed by atoms with Crippen LogP contribution in [0.3, 0.4) is 0 Å². The monoisotopic (exact) mass is 168 g/mol. The van der Waals surface area contributed by atoms with Crippen LogP contribution < -0.4 is 10.6 Å². The largest absolute Gasteiger partial charge is 0.317 e. The van der Waals surface area contributed by atoms with Gasteiger partial charge in [0.05, 0.1) is 0 Å². The normalized spacial score (nSPS) is 35.2. The predicted molar refractivity (Wildman–Crippen MR) is 51.2 cm³/mol. The lowest BCUT2D eigenvalue weighted by Crippen LogP contribution is -2.49. The molecule has 70 valence electrons. The molecular weight excluding hydrogens is 148 g/mol. The van der Waals surface area contributed by atoms with E-state index in [0.29, 0.717) is 5.41 Å². The van der Waals surface area contributed by atoms with Gasteiger partial charge in [-0.2, -0.15) is 0 Å². The summed E-state index contributed by atoms with van der Waals surface area (Å²) in [6, 6.07) is 0. The SMILES string of the molecule is CC1CNCC2(CCNCC2)C1. The highest BCUT2D eigenvalue weighted by atomic mass is 14.9. The van der Waals surface area contributed by atoms with Crippen molar-refractivity contribution in [2.24, 2.45) is 11.3 Å². The first-order valence-electron chi connectivity index (χ1n) is 5.22. The molecule has 2 heteroatoms. The van der Waals surface area contributed by atoms with Crippen molar-refractivity contribution in [2.75, 3.05) is 26.2 Å². The van der Waals surface area contributed by atoms with Gasteiger partial charge < -0.3 is 10.6 Å². The molecule has 2 N–H and O–H groups in total. The maximum absolute atomic E-state index is 3.57. The van der Waals surface area contributed by atoms with E-state index < -0.39 is 0 Å². The van der Waals surface area contributed by atoms with E-state index >= 15 is 0 Å². The van der Waals surface area contributed by atoms with Crippen LogP contribution in [0.2, 0.25) is 0 Å². The summed E-state index contributed by atoms with van der Waals surface area (Å²) >= 11 is 0. The van der Waals surface area contributed by atoms with Crippen molar-refractivity contribution in [3.63, 3.8) is 0 Å². The van der Waals surface area contributed by atoms with Crippen molar-refractivity contribution in [3.05, 3.63) is 0 Å². The predicted octanol–water partition coefficient (Wildman–Crippen LogP) is 0.986. The summed E-state index contributed by atoms with van der Waals surface area (Å²) in [5.74, 6) is 0.886. The molecule has 0 aromatic heterocycles. The van der Waals surface area contributed by atoms with Crippen LogP contribution in [0.5, 0.6) is 0 Å². The number of nitrogens with one attached hydrogen (secondary N) is 2. The second-order valence-corrected chi connectivity index (χ2v) is 4.69. The van der Waals surface area contributed by atoms with E-state index in [1.165, 1.54) is 45.4 Å². The molecule has 0 saturated carbocycles. The molecule has 1 atom stereocenters. The van der Waals surface area contributed by atoms with Gasteiger partial charge in [0.25, 0.3) is 0 Å². The molecular formula is C10H20N2. The number of piperidine rings is 2. The number of hydrogen-bond donors (Lipinski definition) is 2. The van der Waals surface area contributed by atoms with Crippen molar-refractivity contribution < 1.29 is 0 Å². The summed E-state index contributed by atoms with van der Waals surface area (Å²) in [6.45, 7) is 7.33. The fourth-order valence-electron chi connectivity index (χ4n) is 2.81. The van der Waals surface area contributed by atoms with Gasteiger partial charge in [0, 0.05) is 6.54 Å². The van der Waals surface area contributed by atoms with Crippen molar-refractivity contribution in [1.29, 1.82) is 0 Å². The zero-order valence-corrected chi connectivity index (χ0v) is 8.03. The average Bonchev–Trinajstić information content (AvgIpc) is 2.05. The molecule has 2 nitrogen and oxygen atoms in total. The third-order valence-corrected chi connectivity index (χ3v) is 3.44. The first kappa shape index (κ1) is 8.52. The summed E-state index contributed by atoms with van der Waals surface area (Å²) in [7, 11) is 0. The Hall–Kier alpha value is -0.0800. The van der Waals surface area contributed by atoms with Crippen LogP contribution in [0.25, 0.3) is 0 Å². The van der Waals surface area contributed by atoms with E-state index in [0.717, 1.165) is 5.92 Å². The highest BCUT2D eigenvalue weighted by molar-refractivity contribution is 4.91. The lowest BCUT2D eigenvalue weighted by molar-refractivity contribution is 0.119. The van der Waals surface area contributed by atoms with Crippen LogP contribution in [0.4, 0.5) is 0 Å². The molecule has 0 radical (unpaired) electrons. The first-order valence-corrected chi connectivity index (χ1v) is 5.22. The van der Waals surface area contributed by atoms with E-state index in [1.807, 2.05) is 0 Å². The van der Waals surface area contributed by atoms with Crippen LogP contribution in [-0.4, -0.2) is 26.2 Å². The maximum Gasteiger partial charge on any atom is 0.000898 e. The van der Waals surface area contributed by atoms with Gasteiger partial charge in [-0.25, -0.2) is 0 Å². The molecule has 2 rings (SSSR count). The zero-order valence-electron chi connectivity index (χ0n) is 8.03. The van der Waals surface area contributed by atoms with Crippen molar-refractivity contribution in [2.45, 2.75) is 26.2 Å². The lowest BCUT2D eigenvalue weighted by Gasteiger charge is -2.43. The van der Waals surface area contributed by atoms with Crippen LogP contribution in [-0.2, 0) is 0 Å². The van der Waals surface area contributed by atoms with Gasteiger partial charge in [0.2, 0.25) is 0 Å². The third-order valence-electron chi connectivity index (χ3n) is 3.44. The fourth-order valence-corrected chi connectivity index (χ4v) is 2.81. The lowest BCUT2D eigenvalue weighted by atomic mass is 9.71. The molecule has 2 saturated heterocycles. The molecule has 2 fully saturated rings. The quantitative estimate of drug-likeness (QED) is 0.563. The topological polar surface area (TPSA) is 24.1 Å². The van der Waals surface area contributed by atoms with Gasteiger partial charge in [-0.1, -0.05) is 6.92 Å². The Balaban J connectivity index is 1.97. The minimum Gasteiger partial charge on any atom is -0.317 e. The second kappa shape index (κ2) is 3.35. The Kier molecular flexibility index (Phi) is 2.37. The molecule has 1 spiro atoms. The van der Waals surface area contributed by atoms with E-state index in [4.69, 9.17) is 0 Å². The third kappa shape index (κ3) is 1.64. The minimum absolute atomic E-state index is 0.656. The van der Waals surface area contributed by atoms with Gasteiger partial charge in [0.1, 0.15) is 0 Å². The summed E-state index contributed by atoms with van der Waals surface area (Å²) in [6.07, 6.45) is 4.20. The van der Waals surface area contributed by atoms with E-state index in [1.54, 1.807) is 0 Å². The zero-order chi connectivity index (χ0) is 8.44. The number of rotatable bonds is 0. The summed E-state index contributed by atoms with van der Waals surface area (Å²) in [4.78, 5) is 0. The smallest absolute Gasteiger partial charge is 0.000898 e. The fraction of sp³-hybridized carbons (Fsp3) is 1.00. The molecule has 0 bridgehead atoms. The summed E-state index contributed by atoms with van der Waals surface area (Å²) in [5.41, 5.74) is 0.656. The molecule has 0 aromatic rings. The van der Waals surface area contributed by atoms with Crippen LogP contribution in [0, 0.1) is 11.3 Å². The Morgan fingerprint density at radius 3 is 2.58 bits per heavy atom. The Bertz CT molecular complexity index is 144. The summed E-state index contributed by atoms with van der Waals surface area (Å²) < 4.78 is 0. The molecule has 1 unspecified atom stereocenters. The van der Waals surface area contributed by atoms with Crippen molar-refractivity contribution in [1.82, 2.24) is 10.6 Å². The van der Waals surface area contributed by atoms with Gasteiger partial charge in [-0.3, -0.25) is 0 Å². The molecule has 0 aliphatic carbocycles. The van der Waals surface area contributed by atoms with Gasteiger partial charge in [0.15, 0.2) is 0 Å². The van der Waals surface area contributed by atoms with Gasteiger partial charge >= 0.3 is 0 Å². The maximum atomic E-state index is 3.57. The highest BCUT2D eigenvalue weighted by Gasteiger charge is 2.35. The molecule has 12 heavy (non-hydrogen) atoms. The number of hydrogen-bond acceptors (Lipinski definition) is 2. The molecule has 2 aliphatic heterocycles. The van der Waals surface area contributed by atoms with E-state index in [-0.39, 0.29) is 0 Å². The average molecular weight is 168 g/mol. The molecule has 2 heterocycles. The van der Waals surface area contributed by atoms with Crippen LogP contribution in [0.15, 0.2) is 0 Å². The Morgan fingerprint density at radius 2 is 1.92 bits per heavy atom. The standard InChI is InChI=1S/C10H20N2/c1-9-6-10(8-12-7-9)2-4-11-5-3-10/h9,11-12H,2-8H2,1H3. The van der Waals surface area contributed by atoms with Crippen LogP contribution >= 0.6 is 0 Å². The second-order valence-electron chi connectivity index (χ2n) is 4.69. The van der Waals surface area contributed by atoms with Gasteiger partial charge in [-0.15, -0.1) is 0 Å². The van der Waals surface area contributed by atoms with E-state index in [2.05, 4.69) is 17.6 Å². The first-order chi connectivity index (χ1) is 5.81. The van der Waals surface area contributed by atoms with Crippen LogP contribution in [0.1, 0.15) is 26.2 Å². The molecule has 0 aromatic carbocycles. The molecule has 0 amide bonds. The van der Waals surface area contributed by atoms with Gasteiger partial charge in [-0.05, 0) is 50.2 Å². The molecule has 2 aliphatic rings. The minimum atomic E-state index is 0.656. The van der Waals surface area contributed by atoms with E-state index in [9.17, 15) is 0 Å². The van der Waals surface area contributed by atoms with Crippen molar-refractivity contribution in [3.8, 4) is 0 Å². The van der Waals surface area contributed by atoms with Crippen molar-refractivity contribution >= 4 is 0 Å². The summed E-state index contributed by atoms with van der Waals surface area (Å²) in [5, 5.41) is 7.01. The Labute approximate surface area is 75.1 Å². The Morgan fingerprint density at radius 1 is 1.17 bits per heavy atom. The highest BCUT2D eigenvalue weighted by Crippen LogP contribution is 2.37.